The van der Waals surface area contributed by atoms with Gasteiger partial charge in [0.15, 0.2) is 11.6 Å². The van der Waals surface area contributed by atoms with Crippen LogP contribution in [0.25, 0.3) is 0 Å². The molecule has 0 amide bonds. The summed E-state index contributed by atoms with van der Waals surface area (Å²) in [5, 5.41) is 8.53. The van der Waals surface area contributed by atoms with Crippen LogP contribution >= 0.6 is 12.4 Å². The van der Waals surface area contributed by atoms with Crippen molar-refractivity contribution in [1.29, 1.82) is 0 Å². The summed E-state index contributed by atoms with van der Waals surface area (Å²) in [5.41, 5.74) is 4.85. The fraction of sp³-hybridized carbons (Fsp3) is 0.333. The van der Waals surface area contributed by atoms with Crippen molar-refractivity contribution in [2.24, 2.45) is 5.73 Å². The van der Waals surface area contributed by atoms with Gasteiger partial charge in [-0.15, -0.1) is 12.4 Å². The molecule has 0 radical (unpaired) electrons. The molecule has 0 unspecified atom stereocenters. The van der Waals surface area contributed by atoms with Crippen LogP contribution in [0, 0.1) is 17.5 Å². The minimum atomic E-state index is -1.29. The molecule has 1 aromatic carbocycles. The van der Waals surface area contributed by atoms with Crippen molar-refractivity contribution in [2.75, 3.05) is 6.61 Å². The first kappa shape index (κ1) is 14.2. The van der Waals surface area contributed by atoms with Crippen LogP contribution in [-0.4, -0.2) is 11.7 Å². The Morgan fingerprint density at radius 2 is 1.73 bits per heavy atom. The molecule has 86 valence electrons. The Balaban J connectivity index is 0.00000196. The van der Waals surface area contributed by atoms with E-state index in [1.54, 1.807) is 0 Å². The van der Waals surface area contributed by atoms with Crippen molar-refractivity contribution in [3.05, 3.63) is 35.1 Å². The maximum Gasteiger partial charge on any atom is 0.166 e. The van der Waals surface area contributed by atoms with Crippen LogP contribution in [0.1, 0.15) is 18.0 Å². The van der Waals surface area contributed by atoms with Crippen LogP contribution in [0.4, 0.5) is 13.2 Å². The number of halogens is 4. The monoisotopic (exact) mass is 241 g/mol. The van der Waals surface area contributed by atoms with E-state index in [0.717, 1.165) is 6.07 Å². The van der Waals surface area contributed by atoms with Crippen molar-refractivity contribution in [3.63, 3.8) is 0 Å². The second-order valence-corrected chi connectivity index (χ2v) is 2.88. The summed E-state index contributed by atoms with van der Waals surface area (Å²) in [5.74, 6) is -3.33. The van der Waals surface area contributed by atoms with E-state index in [-0.39, 0.29) is 25.4 Å². The van der Waals surface area contributed by atoms with Crippen LogP contribution in [0.3, 0.4) is 0 Å². The molecule has 3 N–H and O–H groups in total. The molecule has 0 aliphatic heterocycles. The average Bonchev–Trinajstić information content (AvgIpc) is 2.13. The smallest absolute Gasteiger partial charge is 0.166 e. The van der Waals surface area contributed by atoms with E-state index in [2.05, 4.69) is 0 Å². The Labute approximate surface area is 91.3 Å². The van der Waals surface area contributed by atoms with Gasteiger partial charge in [0, 0.05) is 18.2 Å². The molecule has 2 nitrogen and oxygen atoms in total. The van der Waals surface area contributed by atoms with Gasteiger partial charge in [-0.25, -0.2) is 13.2 Å². The van der Waals surface area contributed by atoms with Gasteiger partial charge in [0.25, 0.3) is 0 Å². The lowest BCUT2D eigenvalue weighted by molar-refractivity contribution is 0.273. The largest absolute Gasteiger partial charge is 0.396 e. The van der Waals surface area contributed by atoms with Gasteiger partial charge in [0.2, 0.25) is 0 Å². The summed E-state index contributed by atoms with van der Waals surface area (Å²) in [4.78, 5) is 0. The number of aliphatic hydroxyl groups excluding tert-OH is 1. The number of nitrogens with two attached hydrogens (primary N) is 1. The highest BCUT2D eigenvalue weighted by molar-refractivity contribution is 5.85. The van der Waals surface area contributed by atoms with E-state index < -0.39 is 29.1 Å². The van der Waals surface area contributed by atoms with Crippen molar-refractivity contribution in [3.8, 4) is 0 Å². The van der Waals surface area contributed by atoms with Crippen LogP contribution in [0.5, 0.6) is 0 Å². The minimum absolute atomic E-state index is 0. The molecule has 0 bridgehead atoms. The summed E-state index contributed by atoms with van der Waals surface area (Å²) in [6, 6.07) is 0.473. The van der Waals surface area contributed by atoms with Gasteiger partial charge in [0.1, 0.15) is 5.82 Å². The van der Waals surface area contributed by atoms with Crippen LogP contribution < -0.4 is 5.73 Å². The topological polar surface area (TPSA) is 46.2 Å². The van der Waals surface area contributed by atoms with E-state index in [1.807, 2.05) is 0 Å². The Morgan fingerprint density at radius 3 is 2.27 bits per heavy atom. The normalized spacial score (nSPS) is 12.1. The highest BCUT2D eigenvalue weighted by Crippen LogP contribution is 2.22. The predicted molar refractivity (Wildman–Crippen MR) is 52.2 cm³/mol. The third-order valence-electron chi connectivity index (χ3n) is 1.89. The number of rotatable bonds is 3. The van der Waals surface area contributed by atoms with Gasteiger partial charge in [0.05, 0.1) is 0 Å². The lowest BCUT2D eigenvalue weighted by Crippen LogP contribution is -2.16. The number of hydrogen-bond acceptors (Lipinski definition) is 2. The van der Waals surface area contributed by atoms with Crippen molar-refractivity contribution in [1.82, 2.24) is 0 Å². The Morgan fingerprint density at radius 1 is 1.20 bits per heavy atom. The van der Waals surface area contributed by atoms with Gasteiger partial charge in [-0.1, -0.05) is 0 Å². The van der Waals surface area contributed by atoms with E-state index in [0.29, 0.717) is 6.07 Å². The molecule has 0 heterocycles. The van der Waals surface area contributed by atoms with E-state index in [9.17, 15) is 13.2 Å². The highest BCUT2D eigenvalue weighted by atomic mass is 35.5. The Kier molecular flexibility index (Phi) is 5.64. The Hall–Kier alpha value is -0.780. The molecule has 6 heteroatoms. The third kappa shape index (κ3) is 3.09. The number of aliphatic hydroxyl groups is 1. The van der Waals surface area contributed by atoms with Crippen molar-refractivity contribution >= 4 is 12.4 Å². The summed E-state index contributed by atoms with van der Waals surface area (Å²) in [6.45, 7) is -0.309. The molecule has 1 aromatic rings. The summed E-state index contributed by atoms with van der Waals surface area (Å²) < 4.78 is 38.8. The number of hydrogen-bond donors (Lipinski definition) is 2. The first-order valence-electron chi connectivity index (χ1n) is 4.07. The van der Waals surface area contributed by atoms with Gasteiger partial charge in [-0.05, 0) is 18.6 Å². The molecule has 0 aliphatic carbocycles. The summed E-state index contributed by atoms with van der Waals surface area (Å²) >= 11 is 0. The second-order valence-electron chi connectivity index (χ2n) is 2.88. The molecule has 0 saturated carbocycles. The zero-order valence-electron chi connectivity index (χ0n) is 7.71. The molecule has 0 aromatic heterocycles. The van der Waals surface area contributed by atoms with Gasteiger partial charge in [-0.2, -0.15) is 0 Å². The van der Waals surface area contributed by atoms with Crippen molar-refractivity contribution < 1.29 is 18.3 Å². The zero-order chi connectivity index (χ0) is 10.7. The van der Waals surface area contributed by atoms with Gasteiger partial charge >= 0.3 is 0 Å². The molecule has 0 fully saturated rings. The maximum atomic E-state index is 13.1. The summed E-state index contributed by atoms with van der Waals surface area (Å²) in [7, 11) is 0. The molecule has 15 heavy (non-hydrogen) atoms. The Bertz CT molecular complexity index is 335. The average molecular weight is 242 g/mol. The first-order chi connectivity index (χ1) is 6.57. The molecular formula is C9H11ClF3NO. The molecular weight excluding hydrogens is 231 g/mol. The molecule has 1 rings (SSSR count). The third-order valence-corrected chi connectivity index (χ3v) is 1.89. The van der Waals surface area contributed by atoms with E-state index >= 15 is 0 Å². The molecule has 0 spiro atoms. The maximum absolute atomic E-state index is 13.1. The fourth-order valence-corrected chi connectivity index (χ4v) is 1.17. The van der Waals surface area contributed by atoms with Crippen LogP contribution in [0.2, 0.25) is 0 Å². The highest BCUT2D eigenvalue weighted by Gasteiger charge is 2.19. The SMILES string of the molecule is Cl.N[C@@H](CCO)c1c(F)ccc(F)c1F. The van der Waals surface area contributed by atoms with E-state index in [1.165, 1.54) is 0 Å². The quantitative estimate of drug-likeness (QED) is 0.794. The van der Waals surface area contributed by atoms with Crippen molar-refractivity contribution in [2.45, 2.75) is 12.5 Å². The standard InChI is InChI=1S/C9H10F3NO.ClH/c10-5-1-2-6(11)9(12)8(5)7(13)3-4-14;/h1-2,7,14H,3-4,13H2;1H/t7-;/m0./s1. The minimum Gasteiger partial charge on any atom is -0.396 e. The lowest BCUT2D eigenvalue weighted by atomic mass is 10.0. The first-order valence-corrected chi connectivity index (χ1v) is 4.07. The zero-order valence-corrected chi connectivity index (χ0v) is 8.53. The number of benzene rings is 1. The van der Waals surface area contributed by atoms with Gasteiger partial charge in [-0.3, -0.25) is 0 Å². The summed E-state index contributed by atoms with van der Waals surface area (Å²) in [6.07, 6.45) is -0.0166. The van der Waals surface area contributed by atoms with Crippen LogP contribution in [-0.2, 0) is 0 Å². The van der Waals surface area contributed by atoms with Crippen LogP contribution in [0.15, 0.2) is 12.1 Å². The van der Waals surface area contributed by atoms with E-state index in [4.69, 9.17) is 10.8 Å². The van der Waals surface area contributed by atoms with Gasteiger partial charge < -0.3 is 10.8 Å². The second kappa shape index (κ2) is 5.95. The molecule has 0 saturated heterocycles. The molecule has 1 atom stereocenters. The predicted octanol–water partition coefficient (Wildman–Crippen LogP) is 1.91. The lowest BCUT2D eigenvalue weighted by Gasteiger charge is -2.12. The fourth-order valence-electron chi connectivity index (χ4n) is 1.17. The molecule has 0 aliphatic rings.